The summed E-state index contributed by atoms with van der Waals surface area (Å²) in [6.07, 6.45) is 0.351. The molecule has 8 nitrogen and oxygen atoms in total. The van der Waals surface area contributed by atoms with E-state index in [1.165, 1.54) is 30.2 Å². The first-order valence-corrected chi connectivity index (χ1v) is 15.3. The zero-order valence-electron chi connectivity index (χ0n) is 24.1. The number of aryl methyl sites for hydroxylation is 1. The van der Waals surface area contributed by atoms with Gasteiger partial charge in [0.05, 0.1) is 17.7 Å². The monoisotopic (exact) mass is 599 g/mol. The zero-order chi connectivity index (χ0) is 30.2. The molecule has 2 amide bonds. The van der Waals surface area contributed by atoms with Gasteiger partial charge in [-0.05, 0) is 67.3 Å². The summed E-state index contributed by atoms with van der Waals surface area (Å²) < 4.78 is 34.1. The van der Waals surface area contributed by atoms with Crippen molar-refractivity contribution in [2.24, 2.45) is 5.92 Å². The Hall–Kier alpha value is -3.56. The van der Waals surface area contributed by atoms with Gasteiger partial charge in [-0.1, -0.05) is 68.3 Å². The van der Waals surface area contributed by atoms with Crippen LogP contribution in [0.1, 0.15) is 38.3 Å². The third kappa shape index (κ3) is 8.47. The lowest BCUT2D eigenvalue weighted by Gasteiger charge is -2.33. The first-order valence-electron chi connectivity index (χ1n) is 13.5. The number of rotatable bonds is 13. The van der Waals surface area contributed by atoms with E-state index in [9.17, 15) is 18.0 Å². The Bertz CT molecular complexity index is 1440. The van der Waals surface area contributed by atoms with E-state index in [1.807, 2.05) is 52.0 Å². The van der Waals surface area contributed by atoms with Crippen LogP contribution in [0.2, 0.25) is 5.02 Å². The molecule has 0 saturated heterocycles. The van der Waals surface area contributed by atoms with Gasteiger partial charge in [0, 0.05) is 18.1 Å². The molecule has 3 aromatic rings. The quantitative estimate of drug-likeness (QED) is 0.283. The minimum Gasteiger partial charge on any atom is -0.497 e. The maximum absolute atomic E-state index is 14.1. The minimum absolute atomic E-state index is 0.0157. The van der Waals surface area contributed by atoms with Crippen LogP contribution in [-0.2, 0) is 26.2 Å². The van der Waals surface area contributed by atoms with Crippen molar-refractivity contribution in [3.05, 3.63) is 88.9 Å². The van der Waals surface area contributed by atoms with Crippen LogP contribution >= 0.6 is 11.6 Å². The summed E-state index contributed by atoms with van der Waals surface area (Å²) in [4.78, 5) is 28.9. The number of amides is 2. The molecule has 0 bridgehead atoms. The van der Waals surface area contributed by atoms with Crippen molar-refractivity contribution >= 4 is 39.1 Å². The highest BCUT2D eigenvalue weighted by molar-refractivity contribution is 7.92. The van der Waals surface area contributed by atoms with Gasteiger partial charge < -0.3 is 15.0 Å². The zero-order valence-corrected chi connectivity index (χ0v) is 25.7. The number of anilines is 1. The molecule has 0 heterocycles. The van der Waals surface area contributed by atoms with E-state index in [1.54, 1.807) is 30.3 Å². The molecule has 1 N–H and O–H groups in total. The molecule has 3 rings (SSSR count). The number of hydrogen-bond acceptors (Lipinski definition) is 5. The number of ether oxygens (including phenoxy) is 1. The highest BCUT2D eigenvalue weighted by Crippen LogP contribution is 2.28. The van der Waals surface area contributed by atoms with Crippen molar-refractivity contribution in [2.75, 3.05) is 24.5 Å². The van der Waals surface area contributed by atoms with Crippen LogP contribution in [0, 0.1) is 12.8 Å². The first kappa shape index (κ1) is 32.0. The molecule has 1 atom stereocenters. The third-order valence-corrected chi connectivity index (χ3v) is 8.55. The van der Waals surface area contributed by atoms with Crippen LogP contribution in [0.5, 0.6) is 5.75 Å². The lowest BCUT2D eigenvalue weighted by Crippen LogP contribution is -2.52. The van der Waals surface area contributed by atoms with Crippen LogP contribution < -0.4 is 14.4 Å². The van der Waals surface area contributed by atoms with Gasteiger partial charge in [-0.2, -0.15) is 0 Å². The molecule has 0 aromatic heterocycles. The van der Waals surface area contributed by atoms with Crippen molar-refractivity contribution in [3.8, 4) is 5.75 Å². The summed E-state index contributed by atoms with van der Waals surface area (Å²) >= 11 is 6.23. The van der Waals surface area contributed by atoms with Crippen molar-refractivity contribution in [1.29, 1.82) is 0 Å². The number of sulfonamides is 1. The second-order valence-corrected chi connectivity index (χ2v) is 12.5. The van der Waals surface area contributed by atoms with Crippen LogP contribution in [0.25, 0.3) is 0 Å². The second-order valence-electron chi connectivity index (χ2n) is 10.2. The molecule has 3 aromatic carbocycles. The number of nitrogens with zero attached hydrogens (tertiary/aromatic N) is 2. The lowest BCUT2D eigenvalue weighted by molar-refractivity contribution is -0.140. The molecule has 0 saturated carbocycles. The second kappa shape index (κ2) is 14.4. The average molecular weight is 600 g/mol. The van der Waals surface area contributed by atoms with Gasteiger partial charge in [0.15, 0.2) is 0 Å². The lowest BCUT2D eigenvalue weighted by atomic mass is 10.1. The molecule has 0 fully saturated rings. The van der Waals surface area contributed by atoms with E-state index in [2.05, 4.69) is 5.32 Å². The predicted molar refractivity (Wildman–Crippen MR) is 163 cm³/mol. The predicted octanol–water partition coefficient (Wildman–Crippen LogP) is 5.43. The Kier molecular flexibility index (Phi) is 11.2. The van der Waals surface area contributed by atoms with E-state index >= 15 is 0 Å². The number of methoxy groups -OCH3 is 1. The summed E-state index contributed by atoms with van der Waals surface area (Å²) in [6, 6.07) is 19.1. The molecule has 0 aliphatic carbocycles. The van der Waals surface area contributed by atoms with Gasteiger partial charge in [-0.25, -0.2) is 8.42 Å². The van der Waals surface area contributed by atoms with E-state index in [0.29, 0.717) is 23.7 Å². The van der Waals surface area contributed by atoms with Crippen LogP contribution in [0.3, 0.4) is 0 Å². The number of nitrogens with one attached hydrogen (secondary N) is 1. The van der Waals surface area contributed by atoms with Crippen LogP contribution in [-0.4, -0.2) is 51.4 Å². The highest BCUT2D eigenvalue weighted by atomic mass is 35.5. The molecule has 0 aliphatic heterocycles. The molecule has 0 aliphatic rings. The molecule has 0 radical (unpaired) electrons. The maximum Gasteiger partial charge on any atom is 0.264 e. The molecule has 0 unspecified atom stereocenters. The summed E-state index contributed by atoms with van der Waals surface area (Å²) in [5.74, 6) is -0.0770. The molecule has 10 heteroatoms. The Morgan fingerprint density at radius 2 is 1.68 bits per heavy atom. The summed E-state index contributed by atoms with van der Waals surface area (Å²) in [7, 11) is -2.72. The minimum atomic E-state index is -4.21. The van der Waals surface area contributed by atoms with Crippen molar-refractivity contribution in [1.82, 2.24) is 10.2 Å². The van der Waals surface area contributed by atoms with E-state index in [-0.39, 0.29) is 29.0 Å². The molecule has 0 spiro atoms. The fourth-order valence-electron chi connectivity index (χ4n) is 4.38. The van der Waals surface area contributed by atoms with E-state index < -0.39 is 28.5 Å². The smallest absolute Gasteiger partial charge is 0.264 e. The summed E-state index contributed by atoms with van der Waals surface area (Å²) in [5, 5.41) is 3.25. The molecule has 220 valence electrons. The SMILES string of the molecule is CC[C@@H](C(=O)NCC(C)C)N(Cc1cccc(C)c1)C(=O)CN(c1cccc(Cl)c1)S(=O)(=O)c1ccc(OC)cc1. The Balaban J connectivity index is 2.05. The Labute approximate surface area is 248 Å². The van der Waals surface area contributed by atoms with E-state index in [0.717, 1.165) is 15.4 Å². The van der Waals surface area contributed by atoms with Gasteiger partial charge in [-0.15, -0.1) is 0 Å². The Morgan fingerprint density at radius 3 is 2.27 bits per heavy atom. The number of halogens is 1. The van der Waals surface area contributed by atoms with Gasteiger partial charge >= 0.3 is 0 Å². The van der Waals surface area contributed by atoms with Gasteiger partial charge in [0.1, 0.15) is 18.3 Å². The topological polar surface area (TPSA) is 96.0 Å². The van der Waals surface area contributed by atoms with Crippen molar-refractivity contribution in [2.45, 2.75) is 51.6 Å². The maximum atomic E-state index is 14.1. The summed E-state index contributed by atoms with van der Waals surface area (Å²) in [5.41, 5.74) is 2.07. The number of carbonyl (C=O) groups excluding carboxylic acids is 2. The highest BCUT2D eigenvalue weighted by Gasteiger charge is 2.33. The Morgan fingerprint density at radius 1 is 1.00 bits per heavy atom. The first-order chi connectivity index (χ1) is 19.5. The van der Waals surface area contributed by atoms with E-state index in [4.69, 9.17) is 16.3 Å². The van der Waals surface area contributed by atoms with Gasteiger partial charge in [0.2, 0.25) is 11.8 Å². The fraction of sp³-hybridized carbons (Fsp3) is 0.355. The van der Waals surface area contributed by atoms with Crippen LogP contribution in [0.4, 0.5) is 5.69 Å². The largest absolute Gasteiger partial charge is 0.497 e. The summed E-state index contributed by atoms with van der Waals surface area (Å²) in [6.45, 7) is 7.83. The number of benzene rings is 3. The van der Waals surface area contributed by atoms with Crippen molar-refractivity contribution < 1.29 is 22.7 Å². The third-order valence-electron chi connectivity index (χ3n) is 6.53. The molecular formula is C31H38ClN3O5S. The molecular weight excluding hydrogens is 562 g/mol. The van der Waals surface area contributed by atoms with Gasteiger partial charge in [-0.3, -0.25) is 13.9 Å². The fourth-order valence-corrected chi connectivity index (χ4v) is 5.97. The number of hydrogen-bond donors (Lipinski definition) is 1. The van der Waals surface area contributed by atoms with Crippen molar-refractivity contribution in [3.63, 3.8) is 0 Å². The normalized spacial score (nSPS) is 12.1. The average Bonchev–Trinajstić information content (AvgIpc) is 2.94. The van der Waals surface area contributed by atoms with Crippen LogP contribution in [0.15, 0.2) is 77.7 Å². The van der Waals surface area contributed by atoms with Gasteiger partial charge in [0.25, 0.3) is 10.0 Å². The standard InChI is InChI=1S/C31H38ClN3O5S/c1-6-29(31(37)33-19-22(2)3)34(20-24-10-7-9-23(4)17-24)30(36)21-35(26-12-8-11-25(32)18-26)41(38,39)28-15-13-27(40-5)14-16-28/h7-18,22,29H,6,19-21H2,1-5H3,(H,33,37)/t29-/m0/s1. The number of carbonyl (C=O) groups is 2. The molecule has 41 heavy (non-hydrogen) atoms.